The minimum Gasteiger partial charge on any atom is -0.479 e. The van der Waals surface area contributed by atoms with Gasteiger partial charge in [-0.05, 0) is 46.6 Å². The Balaban J connectivity index is 2.98. The molecule has 3 atom stereocenters. The van der Waals surface area contributed by atoms with Gasteiger partial charge in [-0.1, -0.05) is 30.3 Å². The molecule has 0 aromatic heterocycles. The number of nitrogens with one attached hydrogen (secondary N) is 1. The highest BCUT2D eigenvalue weighted by Crippen LogP contribution is 2.14. The molecule has 1 aromatic rings. The Morgan fingerprint density at radius 3 is 2.31 bits per heavy atom. The molecule has 0 aliphatic rings. The predicted molar refractivity (Wildman–Crippen MR) is 96.9 cm³/mol. The third kappa shape index (κ3) is 8.31. The standard InChI is InChI=1S/C19H29NO6/c1-6-24-13(2)25-16(17(21)22)15(12-14-10-8-7-9-11-14)20-18(23)26-19(3,4)5/h7-11,13,15-16H,6,12H2,1-5H3,(H,20,23)(H,21,22)/t13?,15-,16+/m1/s1. The van der Waals surface area contributed by atoms with E-state index in [2.05, 4.69) is 5.32 Å². The molecular formula is C19H29NO6. The van der Waals surface area contributed by atoms with Crippen molar-refractivity contribution in [1.82, 2.24) is 5.32 Å². The van der Waals surface area contributed by atoms with E-state index >= 15 is 0 Å². The minimum atomic E-state index is -1.29. The Labute approximate surface area is 154 Å². The average Bonchev–Trinajstić information content (AvgIpc) is 2.51. The number of aliphatic carboxylic acids is 1. The quantitative estimate of drug-likeness (QED) is 0.652. The molecule has 0 bridgehead atoms. The smallest absolute Gasteiger partial charge is 0.407 e. The summed E-state index contributed by atoms with van der Waals surface area (Å²) < 4.78 is 16.1. The first-order valence-corrected chi connectivity index (χ1v) is 8.65. The van der Waals surface area contributed by atoms with Crippen LogP contribution in [0.2, 0.25) is 0 Å². The van der Waals surface area contributed by atoms with E-state index in [1.54, 1.807) is 34.6 Å². The molecule has 1 unspecified atom stereocenters. The molecule has 7 heteroatoms. The van der Waals surface area contributed by atoms with Crippen molar-refractivity contribution < 1.29 is 28.9 Å². The number of carbonyl (C=O) groups is 2. The maximum absolute atomic E-state index is 12.2. The van der Waals surface area contributed by atoms with Gasteiger partial charge in [0.2, 0.25) is 0 Å². The van der Waals surface area contributed by atoms with Gasteiger partial charge >= 0.3 is 12.1 Å². The topological polar surface area (TPSA) is 94.1 Å². The zero-order chi connectivity index (χ0) is 19.7. The summed E-state index contributed by atoms with van der Waals surface area (Å²) in [6.45, 7) is 9.00. The molecule has 0 fully saturated rings. The molecule has 0 spiro atoms. The molecule has 7 nitrogen and oxygen atoms in total. The fourth-order valence-corrected chi connectivity index (χ4v) is 2.37. The SMILES string of the molecule is CCOC(C)O[C@H](C(=O)O)[C@@H](Cc1ccccc1)NC(=O)OC(C)(C)C. The number of carbonyl (C=O) groups excluding carboxylic acids is 1. The van der Waals surface area contributed by atoms with Crippen molar-refractivity contribution in [3.8, 4) is 0 Å². The zero-order valence-electron chi connectivity index (χ0n) is 16.0. The number of benzene rings is 1. The second kappa shape index (κ2) is 10.1. The number of amides is 1. The summed E-state index contributed by atoms with van der Waals surface area (Å²) in [7, 11) is 0. The molecule has 26 heavy (non-hydrogen) atoms. The molecule has 1 rings (SSSR count). The van der Waals surface area contributed by atoms with Crippen LogP contribution in [-0.2, 0) is 25.4 Å². The van der Waals surface area contributed by atoms with Gasteiger partial charge in [0.05, 0.1) is 6.04 Å². The van der Waals surface area contributed by atoms with Gasteiger partial charge in [-0.2, -0.15) is 0 Å². The fourth-order valence-electron chi connectivity index (χ4n) is 2.37. The summed E-state index contributed by atoms with van der Waals surface area (Å²) in [6.07, 6.45) is -2.43. The molecular weight excluding hydrogens is 338 g/mol. The maximum atomic E-state index is 12.2. The van der Waals surface area contributed by atoms with Crippen molar-refractivity contribution in [1.29, 1.82) is 0 Å². The van der Waals surface area contributed by atoms with Crippen LogP contribution < -0.4 is 5.32 Å². The number of hydrogen-bond acceptors (Lipinski definition) is 5. The Bertz CT molecular complexity index is 569. The number of carboxylic acid groups (broad SMARTS) is 1. The molecule has 0 heterocycles. The Hall–Kier alpha value is -2.12. The molecule has 146 valence electrons. The van der Waals surface area contributed by atoms with Gasteiger partial charge in [0.25, 0.3) is 0 Å². The summed E-state index contributed by atoms with van der Waals surface area (Å²) in [6, 6.07) is 8.44. The van der Waals surface area contributed by atoms with Gasteiger partial charge in [-0.3, -0.25) is 0 Å². The summed E-state index contributed by atoms with van der Waals surface area (Å²) >= 11 is 0. The highest BCUT2D eigenvalue weighted by atomic mass is 16.7. The lowest BCUT2D eigenvalue weighted by molar-refractivity contribution is -0.187. The Kier molecular flexibility index (Phi) is 8.54. The van der Waals surface area contributed by atoms with E-state index in [1.165, 1.54) is 0 Å². The van der Waals surface area contributed by atoms with Crippen molar-refractivity contribution in [2.75, 3.05) is 6.61 Å². The van der Waals surface area contributed by atoms with Crippen LogP contribution in [0.15, 0.2) is 30.3 Å². The third-order valence-electron chi connectivity index (χ3n) is 3.35. The molecule has 0 saturated carbocycles. The molecule has 0 radical (unpaired) electrons. The van der Waals surface area contributed by atoms with Gasteiger partial charge in [0.1, 0.15) is 5.60 Å². The lowest BCUT2D eigenvalue weighted by atomic mass is 10.0. The van der Waals surface area contributed by atoms with E-state index in [9.17, 15) is 14.7 Å². The normalized spacial score (nSPS) is 15.0. The zero-order valence-corrected chi connectivity index (χ0v) is 16.0. The third-order valence-corrected chi connectivity index (χ3v) is 3.35. The van der Waals surface area contributed by atoms with Gasteiger partial charge in [-0.15, -0.1) is 0 Å². The Morgan fingerprint density at radius 1 is 1.19 bits per heavy atom. The van der Waals surface area contributed by atoms with Crippen LogP contribution in [0.1, 0.15) is 40.2 Å². The number of carboxylic acids is 1. The molecule has 0 aliphatic carbocycles. The van der Waals surface area contributed by atoms with Gasteiger partial charge in [0.15, 0.2) is 12.4 Å². The van der Waals surface area contributed by atoms with Crippen LogP contribution in [-0.4, -0.2) is 47.8 Å². The fraction of sp³-hybridized carbons (Fsp3) is 0.579. The van der Waals surface area contributed by atoms with Crippen molar-refractivity contribution in [3.05, 3.63) is 35.9 Å². The second-order valence-corrected chi connectivity index (χ2v) is 6.86. The number of alkyl carbamates (subject to hydrolysis) is 1. The molecule has 1 amide bonds. The van der Waals surface area contributed by atoms with Crippen LogP contribution in [0.5, 0.6) is 0 Å². The first kappa shape index (κ1) is 21.9. The van der Waals surface area contributed by atoms with Gasteiger partial charge in [-0.25, -0.2) is 9.59 Å². The van der Waals surface area contributed by atoms with Crippen molar-refractivity contribution >= 4 is 12.1 Å². The average molecular weight is 367 g/mol. The van der Waals surface area contributed by atoms with Crippen molar-refractivity contribution in [2.24, 2.45) is 0 Å². The summed E-state index contributed by atoms with van der Waals surface area (Å²) in [5.41, 5.74) is 0.173. The molecule has 1 aromatic carbocycles. The van der Waals surface area contributed by atoms with Crippen LogP contribution in [0.4, 0.5) is 4.79 Å². The molecule has 0 aliphatic heterocycles. The van der Waals surface area contributed by atoms with E-state index in [4.69, 9.17) is 14.2 Å². The maximum Gasteiger partial charge on any atom is 0.407 e. The highest BCUT2D eigenvalue weighted by Gasteiger charge is 2.33. The first-order valence-electron chi connectivity index (χ1n) is 8.65. The van der Waals surface area contributed by atoms with Gasteiger partial charge < -0.3 is 24.6 Å². The molecule has 2 N–H and O–H groups in total. The lowest BCUT2D eigenvalue weighted by Crippen LogP contribution is -2.51. The van der Waals surface area contributed by atoms with Crippen LogP contribution in [0.25, 0.3) is 0 Å². The Morgan fingerprint density at radius 2 is 1.81 bits per heavy atom. The van der Waals surface area contributed by atoms with Crippen LogP contribution >= 0.6 is 0 Å². The summed E-state index contributed by atoms with van der Waals surface area (Å²) in [5, 5.41) is 12.2. The monoisotopic (exact) mass is 367 g/mol. The predicted octanol–water partition coefficient (Wildman–Crippen LogP) is 2.97. The van der Waals surface area contributed by atoms with Crippen LogP contribution in [0.3, 0.4) is 0 Å². The van der Waals surface area contributed by atoms with E-state index < -0.39 is 36.1 Å². The van der Waals surface area contributed by atoms with E-state index in [0.717, 1.165) is 5.56 Å². The number of ether oxygens (including phenoxy) is 3. The lowest BCUT2D eigenvalue weighted by Gasteiger charge is -2.29. The number of hydrogen-bond donors (Lipinski definition) is 2. The number of rotatable bonds is 9. The van der Waals surface area contributed by atoms with Crippen LogP contribution in [0, 0.1) is 0 Å². The van der Waals surface area contributed by atoms with Crippen molar-refractivity contribution in [3.63, 3.8) is 0 Å². The largest absolute Gasteiger partial charge is 0.479 e. The van der Waals surface area contributed by atoms with Crippen molar-refractivity contribution in [2.45, 2.75) is 65.1 Å². The van der Waals surface area contributed by atoms with E-state index in [-0.39, 0.29) is 6.42 Å². The summed E-state index contributed by atoms with van der Waals surface area (Å²) in [4.78, 5) is 23.9. The van der Waals surface area contributed by atoms with E-state index in [0.29, 0.717) is 6.61 Å². The molecule has 0 saturated heterocycles. The van der Waals surface area contributed by atoms with Gasteiger partial charge in [0, 0.05) is 6.61 Å². The minimum absolute atomic E-state index is 0.274. The first-order chi connectivity index (χ1) is 12.1. The second-order valence-electron chi connectivity index (χ2n) is 6.86. The van der Waals surface area contributed by atoms with E-state index in [1.807, 2.05) is 30.3 Å². The summed E-state index contributed by atoms with van der Waals surface area (Å²) in [5.74, 6) is -1.19. The highest BCUT2D eigenvalue weighted by molar-refractivity contribution is 5.75.